The van der Waals surface area contributed by atoms with E-state index in [1.54, 1.807) is 24.8 Å². The van der Waals surface area contributed by atoms with Gasteiger partial charge in [0.15, 0.2) is 5.78 Å². The molecule has 0 unspecified atom stereocenters. The first-order valence-electron chi connectivity index (χ1n) is 7.05. The standard InChI is InChI=1S/C16H20N2O2S/c1-5-18-13-9-12(17-16(20)10(2)3)6-7-14(13)21-15(18)8-11(4)19/h6-10H,5H2,1-4H3,(H,17,20)/b15-8-. The van der Waals surface area contributed by atoms with Crippen molar-refractivity contribution >= 4 is 34.8 Å². The summed E-state index contributed by atoms with van der Waals surface area (Å²) >= 11 is 1.58. The van der Waals surface area contributed by atoms with E-state index in [-0.39, 0.29) is 17.6 Å². The highest BCUT2D eigenvalue weighted by molar-refractivity contribution is 8.03. The second-order valence-electron chi connectivity index (χ2n) is 5.27. The average molecular weight is 304 g/mol. The summed E-state index contributed by atoms with van der Waals surface area (Å²) in [5, 5.41) is 3.85. The highest BCUT2D eigenvalue weighted by Gasteiger charge is 2.24. The molecule has 0 radical (unpaired) electrons. The van der Waals surface area contributed by atoms with Gasteiger partial charge in [-0.2, -0.15) is 0 Å². The Morgan fingerprint density at radius 2 is 2.10 bits per heavy atom. The molecule has 0 aliphatic carbocycles. The molecule has 0 fully saturated rings. The summed E-state index contributed by atoms with van der Waals surface area (Å²) in [5.74, 6) is -0.0108. The van der Waals surface area contributed by atoms with E-state index in [2.05, 4.69) is 10.2 Å². The Hall–Kier alpha value is -1.75. The number of fused-ring (bicyclic) bond motifs is 1. The molecule has 5 heteroatoms. The van der Waals surface area contributed by atoms with Gasteiger partial charge < -0.3 is 10.2 Å². The summed E-state index contributed by atoms with van der Waals surface area (Å²) in [6.07, 6.45) is 1.65. The molecule has 1 aromatic carbocycles. The zero-order chi connectivity index (χ0) is 15.6. The molecule has 0 aromatic heterocycles. The first kappa shape index (κ1) is 15.6. The molecular weight excluding hydrogens is 284 g/mol. The quantitative estimate of drug-likeness (QED) is 0.863. The van der Waals surface area contributed by atoms with E-state index in [1.807, 2.05) is 39.0 Å². The molecule has 112 valence electrons. The fraction of sp³-hybridized carbons (Fsp3) is 0.375. The summed E-state index contributed by atoms with van der Waals surface area (Å²) in [4.78, 5) is 26.3. The van der Waals surface area contributed by atoms with Gasteiger partial charge in [-0.15, -0.1) is 0 Å². The monoisotopic (exact) mass is 304 g/mol. The molecule has 0 bridgehead atoms. The topological polar surface area (TPSA) is 49.4 Å². The number of hydrogen-bond acceptors (Lipinski definition) is 4. The van der Waals surface area contributed by atoms with Crippen LogP contribution in [0.5, 0.6) is 0 Å². The van der Waals surface area contributed by atoms with E-state index in [0.29, 0.717) is 0 Å². The van der Waals surface area contributed by atoms with E-state index in [9.17, 15) is 9.59 Å². The lowest BCUT2D eigenvalue weighted by Crippen LogP contribution is -2.19. The maximum atomic E-state index is 11.8. The summed E-state index contributed by atoms with van der Waals surface area (Å²) in [7, 11) is 0. The van der Waals surface area contributed by atoms with Crippen LogP contribution in [0.15, 0.2) is 34.2 Å². The number of ketones is 1. The summed E-state index contributed by atoms with van der Waals surface area (Å²) in [5.41, 5.74) is 1.83. The SMILES string of the molecule is CCN1/C(=C/C(C)=O)Sc2ccc(NC(=O)C(C)C)cc21. The lowest BCUT2D eigenvalue weighted by molar-refractivity contribution is -0.119. The Morgan fingerprint density at radius 3 is 2.67 bits per heavy atom. The lowest BCUT2D eigenvalue weighted by Gasteiger charge is -2.18. The number of amides is 1. The van der Waals surface area contributed by atoms with Crippen molar-refractivity contribution in [3.05, 3.63) is 29.3 Å². The molecule has 0 saturated heterocycles. The number of nitrogens with zero attached hydrogens (tertiary/aromatic N) is 1. The third-order valence-corrected chi connectivity index (χ3v) is 4.28. The minimum absolute atomic E-state index is 0.00292. The number of nitrogens with one attached hydrogen (secondary N) is 1. The van der Waals surface area contributed by atoms with Crippen LogP contribution in [0.25, 0.3) is 0 Å². The van der Waals surface area contributed by atoms with Crippen molar-refractivity contribution in [3.63, 3.8) is 0 Å². The molecule has 0 spiro atoms. The largest absolute Gasteiger partial charge is 0.335 e. The first-order valence-corrected chi connectivity index (χ1v) is 7.86. The second-order valence-corrected chi connectivity index (χ2v) is 6.33. The molecule has 21 heavy (non-hydrogen) atoms. The Morgan fingerprint density at radius 1 is 1.38 bits per heavy atom. The molecule has 0 atom stereocenters. The van der Waals surface area contributed by atoms with Crippen LogP contribution in [0, 0.1) is 5.92 Å². The van der Waals surface area contributed by atoms with Crippen LogP contribution in [-0.4, -0.2) is 18.2 Å². The number of anilines is 2. The molecule has 1 aliphatic rings. The van der Waals surface area contributed by atoms with E-state index < -0.39 is 0 Å². The molecule has 1 heterocycles. The molecule has 0 saturated carbocycles. The van der Waals surface area contributed by atoms with E-state index >= 15 is 0 Å². The number of benzene rings is 1. The molecular formula is C16H20N2O2S. The van der Waals surface area contributed by atoms with Crippen molar-refractivity contribution < 1.29 is 9.59 Å². The van der Waals surface area contributed by atoms with Crippen molar-refractivity contribution in [1.29, 1.82) is 0 Å². The Labute approximate surface area is 129 Å². The number of thioether (sulfide) groups is 1. The highest BCUT2D eigenvalue weighted by atomic mass is 32.2. The third-order valence-electron chi connectivity index (χ3n) is 3.17. The molecule has 1 amide bonds. The van der Waals surface area contributed by atoms with Crippen molar-refractivity contribution in [2.45, 2.75) is 32.6 Å². The maximum Gasteiger partial charge on any atom is 0.226 e. The van der Waals surface area contributed by atoms with Crippen LogP contribution in [0.2, 0.25) is 0 Å². The second kappa shape index (κ2) is 6.35. The Bertz CT molecular complexity index is 608. The fourth-order valence-electron chi connectivity index (χ4n) is 2.07. The van der Waals surface area contributed by atoms with E-state index in [4.69, 9.17) is 0 Å². The van der Waals surface area contributed by atoms with Crippen molar-refractivity contribution in [2.75, 3.05) is 16.8 Å². The number of allylic oxidation sites excluding steroid dienone is 1. The van der Waals surface area contributed by atoms with Crippen LogP contribution in [-0.2, 0) is 9.59 Å². The van der Waals surface area contributed by atoms with Gasteiger partial charge in [0, 0.05) is 29.1 Å². The third kappa shape index (κ3) is 3.47. The molecule has 1 N–H and O–H groups in total. The zero-order valence-corrected chi connectivity index (χ0v) is 13.6. The van der Waals surface area contributed by atoms with Gasteiger partial charge in [-0.25, -0.2) is 0 Å². The van der Waals surface area contributed by atoms with Gasteiger partial charge in [0.1, 0.15) is 0 Å². The minimum Gasteiger partial charge on any atom is -0.335 e. The molecule has 2 rings (SSSR count). The minimum atomic E-state index is -0.0527. The average Bonchev–Trinajstić information content (AvgIpc) is 2.74. The van der Waals surface area contributed by atoms with Gasteiger partial charge in [-0.3, -0.25) is 9.59 Å². The van der Waals surface area contributed by atoms with Crippen molar-refractivity contribution in [3.8, 4) is 0 Å². The van der Waals surface area contributed by atoms with Gasteiger partial charge in [-0.05, 0) is 32.0 Å². The van der Waals surface area contributed by atoms with Gasteiger partial charge in [0.05, 0.1) is 10.7 Å². The molecule has 4 nitrogen and oxygen atoms in total. The van der Waals surface area contributed by atoms with Crippen LogP contribution < -0.4 is 10.2 Å². The lowest BCUT2D eigenvalue weighted by atomic mass is 10.2. The van der Waals surface area contributed by atoms with Crippen LogP contribution in [0.4, 0.5) is 11.4 Å². The predicted molar refractivity (Wildman–Crippen MR) is 87.6 cm³/mol. The summed E-state index contributed by atoms with van der Waals surface area (Å²) in [6, 6.07) is 5.85. The van der Waals surface area contributed by atoms with Gasteiger partial charge >= 0.3 is 0 Å². The Balaban J connectivity index is 2.30. The normalized spacial score (nSPS) is 15.5. The van der Waals surface area contributed by atoms with Crippen LogP contribution in [0.3, 0.4) is 0 Å². The summed E-state index contributed by atoms with van der Waals surface area (Å²) < 4.78 is 0. The molecule has 1 aromatic rings. The highest BCUT2D eigenvalue weighted by Crippen LogP contribution is 2.46. The van der Waals surface area contributed by atoms with Crippen LogP contribution in [0.1, 0.15) is 27.7 Å². The fourth-order valence-corrected chi connectivity index (χ4v) is 3.27. The number of rotatable bonds is 4. The zero-order valence-electron chi connectivity index (χ0n) is 12.8. The number of hydrogen-bond donors (Lipinski definition) is 1. The predicted octanol–water partition coefficient (Wildman–Crippen LogP) is 3.64. The number of carbonyl (C=O) groups is 2. The van der Waals surface area contributed by atoms with Gasteiger partial charge in [0.25, 0.3) is 0 Å². The maximum absolute atomic E-state index is 11.8. The molecule has 1 aliphatic heterocycles. The van der Waals surface area contributed by atoms with Crippen molar-refractivity contribution in [1.82, 2.24) is 0 Å². The van der Waals surface area contributed by atoms with Crippen LogP contribution >= 0.6 is 11.8 Å². The number of carbonyl (C=O) groups excluding carboxylic acids is 2. The summed E-state index contributed by atoms with van der Waals surface area (Å²) in [6.45, 7) is 8.11. The Kier molecular flexibility index (Phi) is 4.73. The van der Waals surface area contributed by atoms with Gasteiger partial charge in [-0.1, -0.05) is 25.6 Å². The van der Waals surface area contributed by atoms with E-state index in [1.165, 1.54) is 0 Å². The van der Waals surface area contributed by atoms with E-state index in [0.717, 1.165) is 27.8 Å². The van der Waals surface area contributed by atoms with Gasteiger partial charge in [0.2, 0.25) is 5.91 Å². The first-order chi connectivity index (χ1) is 9.92. The smallest absolute Gasteiger partial charge is 0.226 e. The van der Waals surface area contributed by atoms with Crippen molar-refractivity contribution in [2.24, 2.45) is 5.92 Å².